The molecule has 1 fully saturated rings. The van der Waals surface area contributed by atoms with Gasteiger partial charge in [-0.3, -0.25) is 9.59 Å². The third kappa shape index (κ3) is 7.66. The molecule has 1 aliphatic heterocycles. The highest BCUT2D eigenvalue weighted by atomic mass is 32.2. The van der Waals surface area contributed by atoms with Gasteiger partial charge in [0.1, 0.15) is 10.8 Å². The second kappa shape index (κ2) is 12.0. The number of carbonyl (C=O) groups is 2. The molecule has 1 aromatic heterocycles. The van der Waals surface area contributed by atoms with Gasteiger partial charge in [0.25, 0.3) is 5.91 Å². The van der Waals surface area contributed by atoms with Crippen LogP contribution in [-0.4, -0.2) is 58.8 Å². The van der Waals surface area contributed by atoms with Crippen molar-refractivity contribution in [3.8, 4) is 0 Å². The molecule has 30 heavy (non-hydrogen) atoms. The van der Waals surface area contributed by atoms with E-state index in [4.69, 9.17) is 0 Å². The van der Waals surface area contributed by atoms with E-state index in [0.29, 0.717) is 28.7 Å². The molecule has 10 heteroatoms. The zero-order valence-corrected chi connectivity index (χ0v) is 18.4. The van der Waals surface area contributed by atoms with Crippen LogP contribution in [-0.2, 0) is 10.5 Å². The van der Waals surface area contributed by atoms with E-state index in [9.17, 15) is 14.0 Å². The van der Waals surface area contributed by atoms with Gasteiger partial charge in [-0.15, -0.1) is 22.0 Å². The summed E-state index contributed by atoms with van der Waals surface area (Å²) in [6, 6.07) is 5.51. The van der Waals surface area contributed by atoms with E-state index in [2.05, 4.69) is 25.7 Å². The minimum atomic E-state index is -0.387. The van der Waals surface area contributed by atoms with E-state index in [0.717, 1.165) is 13.0 Å². The number of hydrogen-bond donors (Lipinski definition) is 2. The molecule has 162 valence electrons. The molecular formula is C20H26FN5O2S2. The van der Waals surface area contributed by atoms with E-state index in [1.807, 2.05) is 0 Å². The Morgan fingerprint density at radius 1 is 1.13 bits per heavy atom. The molecule has 0 radical (unpaired) electrons. The lowest BCUT2D eigenvalue weighted by molar-refractivity contribution is -0.118. The monoisotopic (exact) mass is 451 g/mol. The van der Waals surface area contributed by atoms with Crippen LogP contribution in [0.25, 0.3) is 0 Å². The van der Waals surface area contributed by atoms with Crippen molar-refractivity contribution in [2.24, 2.45) is 0 Å². The number of carbonyl (C=O) groups excluding carboxylic acids is 2. The van der Waals surface area contributed by atoms with E-state index in [-0.39, 0.29) is 22.6 Å². The third-order valence-electron chi connectivity index (χ3n) is 4.64. The molecule has 0 saturated carbocycles. The molecule has 1 aliphatic rings. The number of aromatic nitrogens is 2. The maximum atomic E-state index is 12.9. The van der Waals surface area contributed by atoms with Gasteiger partial charge >= 0.3 is 0 Å². The van der Waals surface area contributed by atoms with E-state index >= 15 is 0 Å². The molecule has 0 aliphatic carbocycles. The highest BCUT2D eigenvalue weighted by Crippen LogP contribution is 2.18. The van der Waals surface area contributed by atoms with Crippen LogP contribution >= 0.6 is 23.1 Å². The number of amides is 2. The number of hydrogen-bond acceptors (Lipinski definition) is 7. The average molecular weight is 452 g/mol. The SMILES string of the molecule is O=C(CSCc1nnc(C(=O)Nc2ccc(F)cc2)s1)NCCCN1CCCCC1. The van der Waals surface area contributed by atoms with Crippen molar-refractivity contribution < 1.29 is 14.0 Å². The fraction of sp³-hybridized carbons (Fsp3) is 0.500. The maximum Gasteiger partial charge on any atom is 0.286 e. The maximum absolute atomic E-state index is 12.9. The number of halogens is 1. The summed E-state index contributed by atoms with van der Waals surface area (Å²) in [5.74, 6) is 0.122. The Morgan fingerprint density at radius 3 is 2.67 bits per heavy atom. The minimum Gasteiger partial charge on any atom is -0.355 e. The standard InChI is InChI=1S/C20H26FN5O2S2/c21-15-5-7-16(8-6-15)23-19(28)20-25-24-18(30-20)14-29-13-17(27)22-9-4-12-26-10-2-1-3-11-26/h5-8H,1-4,9-14H2,(H,22,27)(H,23,28). The van der Waals surface area contributed by atoms with Crippen LogP contribution in [0.3, 0.4) is 0 Å². The summed E-state index contributed by atoms with van der Waals surface area (Å²) >= 11 is 2.63. The smallest absolute Gasteiger partial charge is 0.286 e. The zero-order chi connectivity index (χ0) is 21.2. The predicted molar refractivity (Wildman–Crippen MR) is 118 cm³/mol. The summed E-state index contributed by atoms with van der Waals surface area (Å²) in [6.45, 7) is 4.09. The summed E-state index contributed by atoms with van der Waals surface area (Å²) < 4.78 is 12.9. The van der Waals surface area contributed by atoms with Crippen molar-refractivity contribution >= 4 is 40.6 Å². The van der Waals surface area contributed by atoms with Gasteiger partial charge in [0, 0.05) is 18.0 Å². The van der Waals surface area contributed by atoms with Gasteiger partial charge in [-0.1, -0.05) is 17.8 Å². The highest BCUT2D eigenvalue weighted by molar-refractivity contribution is 7.99. The summed E-state index contributed by atoms with van der Waals surface area (Å²) in [5, 5.41) is 14.4. The first-order valence-electron chi connectivity index (χ1n) is 10.1. The normalized spacial score (nSPS) is 14.4. The van der Waals surface area contributed by atoms with Crippen molar-refractivity contribution in [3.63, 3.8) is 0 Å². The Bertz CT molecular complexity index is 825. The molecule has 0 atom stereocenters. The van der Waals surface area contributed by atoms with Crippen LogP contribution in [0.1, 0.15) is 40.5 Å². The van der Waals surface area contributed by atoms with Crippen molar-refractivity contribution in [2.75, 3.05) is 37.2 Å². The summed E-state index contributed by atoms with van der Waals surface area (Å²) in [5.41, 5.74) is 0.490. The second-order valence-corrected chi connectivity index (χ2v) is 9.11. The molecule has 7 nitrogen and oxygen atoms in total. The molecule has 0 bridgehead atoms. The Labute approximate surface area is 183 Å². The lowest BCUT2D eigenvalue weighted by Gasteiger charge is -2.26. The van der Waals surface area contributed by atoms with Gasteiger partial charge in [0.15, 0.2) is 0 Å². The van der Waals surface area contributed by atoms with Gasteiger partial charge in [0.05, 0.1) is 5.75 Å². The fourth-order valence-corrected chi connectivity index (χ4v) is 4.75. The highest BCUT2D eigenvalue weighted by Gasteiger charge is 2.14. The number of rotatable bonds is 10. The number of likely N-dealkylation sites (tertiary alicyclic amines) is 1. The molecular weight excluding hydrogens is 425 g/mol. The molecule has 2 N–H and O–H groups in total. The summed E-state index contributed by atoms with van der Waals surface area (Å²) in [7, 11) is 0. The molecule has 0 spiro atoms. The Kier molecular flexibility index (Phi) is 9.03. The lowest BCUT2D eigenvalue weighted by atomic mass is 10.1. The van der Waals surface area contributed by atoms with Crippen molar-refractivity contribution in [3.05, 3.63) is 40.1 Å². The quantitative estimate of drug-likeness (QED) is 0.540. The number of thioether (sulfide) groups is 1. The largest absolute Gasteiger partial charge is 0.355 e. The van der Waals surface area contributed by atoms with E-state index in [1.165, 1.54) is 79.7 Å². The number of anilines is 1. The number of nitrogens with one attached hydrogen (secondary N) is 2. The van der Waals surface area contributed by atoms with Gasteiger partial charge in [-0.25, -0.2) is 4.39 Å². The van der Waals surface area contributed by atoms with Crippen LogP contribution in [0.2, 0.25) is 0 Å². The van der Waals surface area contributed by atoms with Crippen molar-refractivity contribution in [2.45, 2.75) is 31.4 Å². The van der Waals surface area contributed by atoms with E-state index < -0.39 is 0 Å². The molecule has 3 rings (SSSR count). The van der Waals surface area contributed by atoms with Gasteiger partial charge in [0.2, 0.25) is 10.9 Å². The lowest BCUT2D eigenvalue weighted by Crippen LogP contribution is -2.33. The fourth-order valence-electron chi connectivity index (χ4n) is 3.12. The molecule has 2 amide bonds. The van der Waals surface area contributed by atoms with Crippen LogP contribution < -0.4 is 10.6 Å². The summed E-state index contributed by atoms with van der Waals surface area (Å²) in [6.07, 6.45) is 4.87. The topological polar surface area (TPSA) is 87.2 Å². The first-order chi connectivity index (χ1) is 14.6. The Balaban J connectivity index is 1.30. The van der Waals surface area contributed by atoms with Crippen LogP contribution in [0, 0.1) is 5.82 Å². The zero-order valence-electron chi connectivity index (χ0n) is 16.7. The molecule has 2 heterocycles. The number of nitrogens with zero attached hydrogens (tertiary/aromatic N) is 3. The number of benzene rings is 1. The van der Waals surface area contributed by atoms with Crippen LogP contribution in [0.4, 0.5) is 10.1 Å². The molecule has 2 aromatic rings. The number of piperidine rings is 1. The first kappa shape index (κ1) is 22.6. The summed E-state index contributed by atoms with van der Waals surface area (Å²) in [4.78, 5) is 26.6. The van der Waals surface area contributed by atoms with Gasteiger partial charge < -0.3 is 15.5 Å². The average Bonchev–Trinajstić information content (AvgIpc) is 3.23. The molecule has 1 saturated heterocycles. The van der Waals surface area contributed by atoms with Crippen LogP contribution in [0.5, 0.6) is 0 Å². The van der Waals surface area contributed by atoms with Crippen molar-refractivity contribution in [1.82, 2.24) is 20.4 Å². The van der Waals surface area contributed by atoms with Crippen molar-refractivity contribution in [1.29, 1.82) is 0 Å². The Hall–Kier alpha value is -2.04. The first-order valence-corrected chi connectivity index (χ1v) is 12.0. The van der Waals surface area contributed by atoms with E-state index in [1.54, 1.807) is 0 Å². The minimum absolute atomic E-state index is 0.0115. The van der Waals surface area contributed by atoms with Crippen LogP contribution in [0.15, 0.2) is 24.3 Å². The van der Waals surface area contributed by atoms with Gasteiger partial charge in [-0.05, 0) is 63.2 Å². The third-order valence-corrected chi connectivity index (χ3v) is 6.69. The molecule has 1 aromatic carbocycles. The predicted octanol–water partition coefficient (Wildman–Crippen LogP) is 3.15. The molecule has 0 unspecified atom stereocenters. The Morgan fingerprint density at radius 2 is 1.90 bits per heavy atom. The second-order valence-electron chi connectivity index (χ2n) is 7.06. The van der Waals surface area contributed by atoms with Gasteiger partial charge in [-0.2, -0.15) is 0 Å².